The summed E-state index contributed by atoms with van der Waals surface area (Å²) >= 11 is 0. The van der Waals surface area contributed by atoms with Crippen LogP contribution in [0.1, 0.15) is 38.8 Å². The topological polar surface area (TPSA) is 48.9 Å². The van der Waals surface area contributed by atoms with Gasteiger partial charge in [0.1, 0.15) is 5.82 Å². The van der Waals surface area contributed by atoms with Gasteiger partial charge < -0.3 is 15.4 Å². The maximum absolute atomic E-state index is 13.7. The first kappa shape index (κ1) is 24.1. The number of aliphatic imine (C=N–C) groups is 1. The number of hydrogen-bond acceptors (Lipinski definition) is 3. The molecule has 2 atom stereocenters. The molecular formula is C20H34FIN4O. The molecule has 0 amide bonds. The number of guanidine groups is 1. The predicted molar refractivity (Wildman–Crippen MR) is 120 cm³/mol. The number of methoxy groups -OCH3 is 1. The molecule has 1 fully saturated rings. The third-order valence-electron chi connectivity index (χ3n) is 4.87. The lowest BCUT2D eigenvalue weighted by molar-refractivity contribution is 0.181. The predicted octanol–water partition coefficient (Wildman–Crippen LogP) is 3.37. The van der Waals surface area contributed by atoms with E-state index in [1.54, 1.807) is 13.2 Å². The van der Waals surface area contributed by atoms with E-state index in [1.807, 2.05) is 6.07 Å². The Morgan fingerprint density at radius 2 is 2.11 bits per heavy atom. The molecule has 0 radical (unpaired) electrons. The van der Waals surface area contributed by atoms with Crippen LogP contribution < -0.4 is 10.6 Å². The van der Waals surface area contributed by atoms with E-state index >= 15 is 0 Å². The van der Waals surface area contributed by atoms with Crippen LogP contribution in [0.25, 0.3) is 0 Å². The molecule has 2 N–H and O–H groups in total. The Kier molecular flexibility index (Phi) is 10.5. The third kappa shape index (κ3) is 7.19. The van der Waals surface area contributed by atoms with Gasteiger partial charge in [-0.1, -0.05) is 13.0 Å². The highest BCUT2D eigenvalue weighted by Crippen LogP contribution is 2.18. The number of rotatable bonds is 7. The molecule has 1 aromatic rings. The second kappa shape index (κ2) is 11.8. The van der Waals surface area contributed by atoms with Gasteiger partial charge in [-0.05, 0) is 44.4 Å². The first-order chi connectivity index (χ1) is 12.4. The Labute approximate surface area is 180 Å². The summed E-state index contributed by atoms with van der Waals surface area (Å²) in [5.74, 6) is 1.14. The van der Waals surface area contributed by atoms with Crippen LogP contribution in [-0.4, -0.2) is 49.7 Å². The van der Waals surface area contributed by atoms with E-state index in [1.165, 1.54) is 6.07 Å². The minimum absolute atomic E-state index is 0. The Morgan fingerprint density at radius 1 is 1.37 bits per heavy atom. The monoisotopic (exact) mass is 492 g/mol. The van der Waals surface area contributed by atoms with Crippen molar-refractivity contribution in [1.82, 2.24) is 15.5 Å². The smallest absolute Gasteiger partial charge is 0.191 e. The third-order valence-corrected chi connectivity index (χ3v) is 4.87. The van der Waals surface area contributed by atoms with Gasteiger partial charge >= 0.3 is 0 Å². The maximum Gasteiger partial charge on any atom is 0.191 e. The van der Waals surface area contributed by atoms with Gasteiger partial charge in [0.05, 0.1) is 13.2 Å². The summed E-state index contributed by atoms with van der Waals surface area (Å²) in [6.07, 6.45) is 0. The van der Waals surface area contributed by atoms with Crippen LogP contribution >= 0.6 is 24.0 Å². The first-order valence-corrected chi connectivity index (χ1v) is 9.49. The van der Waals surface area contributed by atoms with Crippen LogP contribution in [0.5, 0.6) is 0 Å². The van der Waals surface area contributed by atoms with E-state index in [9.17, 15) is 4.39 Å². The Balaban J connectivity index is 0.00000364. The standard InChI is InChI=1S/C20H33FN4O.HI/c1-6-22-20(24-19-12-25(14(2)3)11-15(19)4)23-10-16-7-8-18(21)17(9-16)13-26-5;/h7-9,14-15,19H,6,10-13H2,1-5H3,(H2,22,23,24);1H. The molecule has 1 aliphatic rings. The Bertz CT molecular complexity index is 612. The molecule has 2 unspecified atom stereocenters. The number of nitrogens with one attached hydrogen (secondary N) is 2. The van der Waals surface area contributed by atoms with Crippen molar-refractivity contribution < 1.29 is 9.13 Å². The summed E-state index contributed by atoms with van der Waals surface area (Å²) in [4.78, 5) is 7.18. The van der Waals surface area contributed by atoms with E-state index < -0.39 is 0 Å². The van der Waals surface area contributed by atoms with Gasteiger partial charge in [-0.2, -0.15) is 0 Å². The van der Waals surface area contributed by atoms with Gasteiger partial charge in [-0.15, -0.1) is 24.0 Å². The molecule has 1 heterocycles. The van der Waals surface area contributed by atoms with E-state index in [0.717, 1.165) is 31.2 Å². The van der Waals surface area contributed by atoms with Gasteiger partial charge in [-0.3, -0.25) is 4.90 Å². The molecule has 0 aliphatic carbocycles. The molecule has 0 saturated carbocycles. The largest absolute Gasteiger partial charge is 0.380 e. The zero-order valence-electron chi connectivity index (χ0n) is 17.1. The van der Waals surface area contributed by atoms with Crippen LogP contribution in [0, 0.1) is 11.7 Å². The van der Waals surface area contributed by atoms with Crippen LogP contribution in [-0.2, 0) is 17.9 Å². The average Bonchev–Trinajstić information content (AvgIpc) is 2.97. The fraction of sp³-hybridized carbons (Fsp3) is 0.650. The number of nitrogens with zero attached hydrogens (tertiary/aromatic N) is 2. The van der Waals surface area contributed by atoms with E-state index in [2.05, 4.69) is 43.2 Å². The number of halogens is 2. The molecule has 27 heavy (non-hydrogen) atoms. The van der Waals surface area contributed by atoms with Gasteiger partial charge in [0, 0.05) is 44.4 Å². The van der Waals surface area contributed by atoms with Crippen LogP contribution in [0.3, 0.4) is 0 Å². The zero-order valence-corrected chi connectivity index (χ0v) is 19.4. The van der Waals surface area contributed by atoms with Gasteiger partial charge in [0.15, 0.2) is 5.96 Å². The summed E-state index contributed by atoms with van der Waals surface area (Å²) in [6.45, 7) is 12.5. The van der Waals surface area contributed by atoms with Gasteiger partial charge in [0.25, 0.3) is 0 Å². The fourth-order valence-electron chi connectivity index (χ4n) is 3.27. The molecule has 1 aliphatic heterocycles. The molecule has 0 aromatic heterocycles. The Hall–Kier alpha value is -0.930. The van der Waals surface area contributed by atoms with Crippen molar-refractivity contribution in [2.24, 2.45) is 10.9 Å². The van der Waals surface area contributed by atoms with Crippen LogP contribution in [0.15, 0.2) is 23.2 Å². The van der Waals surface area contributed by atoms with Crippen molar-refractivity contribution >= 4 is 29.9 Å². The van der Waals surface area contributed by atoms with Gasteiger partial charge in [-0.25, -0.2) is 9.38 Å². The fourth-order valence-corrected chi connectivity index (χ4v) is 3.27. The molecule has 1 aromatic carbocycles. The summed E-state index contributed by atoms with van der Waals surface area (Å²) < 4.78 is 18.8. The molecule has 2 rings (SSSR count). The summed E-state index contributed by atoms with van der Waals surface area (Å²) in [6, 6.07) is 6.03. The number of benzene rings is 1. The van der Waals surface area contributed by atoms with Crippen molar-refractivity contribution in [3.63, 3.8) is 0 Å². The number of hydrogen-bond donors (Lipinski definition) is 2. The minimum Gasteiger partial charge on any atom is -0.380 e. The second-order valence-electron chi connectivity index (χ2n) is 7.33. The normalized spacial score (nSPS) is 20.6. The van der Waals surface area contributed by atoms with Gasteiger partial charge in [0.2, 0.25) is 0 Å². The SMILES string of the molecule is CCNC(=NCc1ccc(F)c(COC)c1)NC1CN(C(C)C)CC1C.I. The summed E-state index contributed by atoms with van der Waals surface area (Å²) in [5.41, 5.74) is 1.54. The highest BCUT2D eigenvalue weighted by molar-refractivity contribution is 14.0. The molecule has 0 bridgehead atoms. The summed E-state index contributed by atoms with van der Waals surface area (Å²) in [5, 5.41) is 6.89. The lowest BCUT2D eigenvalue weighted by atomic mass is 10.1. The quantitative estimate of drug-likeness (QED) is 0.348. The van der Waals surface area contributed by atoms with Crippen molar-refractivity contribution in [2.75, 3.05) is 26.7 Å². The highest BCUT2D eigenvalue weighted by Gasteiger charge is 2.31. The maximum atomic E-state index is 13.7. The van der Waals surface area contributed by atoms with Crippen molar-refractivity contribution in [3.05, 3.63) is 35.1 Å². The van der Waals surface area contributed by atoms with Crippen LogP contribution in [0.4, 0.5) is 4.39 Å². The zero-order chi connectivity index (χ0) is 19.1. The van der Waals surface area contributed by atoms with Crippen molar-refractivity contribution in [2.45, 2.75) is 52.9 Å². The second-order valence-corrected chi connectivity index (χ2v) is 7.33. The molecule has 1 saturated heterocycles. The molecule has 7 heteroatoms. The average molecular weight is 492 g/mol. The van der Waals surface area contributed by atoms with E-state index in [4.69, 9.17) is 9.73 Å². The summed E-state index contributed by atoms with van der Waals surface area (Å²) in [7, 11) is 1.57. The van der Waals surface area contributed by atoms with E-state index in [-0.39, 0.29) is 36.4 Å². The van der Waals surface area contributed by atoms with Crippen molar-refractivity contribution in [1.29, 1.82) is 0 Å². The lowest BCUT2D eigenvalue weighted by Crippen LogP contribution is -2.46. The minimum atomic E-state index is -0.238. The number of likely N-dealkylation sites (tertiary alicyclic amines) is 1. The molecular weight excluding hydrogens is 458 g/mol. The molecule has 154 valence electrons. The number of ether oxygens (including phenoxy) is 1. The first-order valence-electron chi connectivity index (χ1n) is 9.49. The van der Waals surface area contributed by atoms with E-state index in [0.29, 0.717) is 30.1 Å². The Morgan fingerprint density at radius 3 is 2.70 bits per heavy atom. The van der Waals surface area contributed by atoms with Crippen molar-refractivity contribution in [3.8, 4) is 0 Å². The highest BCUT2D eigenvalue weighted by atomic mass is 127. The van der Waals surface area contributed by atoms with Crippen LogP contribution in [0.2, 0.25) is 0 Å². The lowest BCUT2D eigenvalue weighted by Gasteiger charge is -2.22. The molecule has 5 nitrogen and oxygen atoms in total. The molecule has 0 spiro atoms.